The van der Waals surface area contributed by atoms with E-state index in [0.717, 1.165) is 49.6 Å². The van der Waals surface area contributed by atoms with Gasteiger partial charge >= 0.3 is 0 Å². The summed E-state index contributed by atoms with van der Waals surface area (Å²) in [5.41, 5.74) is 1.26. The Hall–Kier alpha value is -2.24. The zero-order chi connectivity index (χ0) is 16.2. The summed E-state index contributed by atoms with van der Waals surface area (Å²) in [6.45, 7) is 3.88. The van der Waals surface area contributed by atoms with Gasteiger partial charge in [-0.15, -0.1) is 0 Å². The second kappa shape index (κ2) is 6.89. The average Bonchev–Trinajstić information content (AvgIpc) is 2.80. The van der Waals surface area contributed by atoms with Gasteiger partial charge in [-0.2, -0.15) is 4.98 Å². The Morgan fingerprint density at radius 1 is 0.957 bits per heavy atom. The molecule has 1 aromatic carbocycles. The van der Waals surface area contributed by atoms with Gasteiger partial charge in [-0.25, -0.2) is 13.8 Å². The van der Waals surface area contributed by atoms with Crippen molar-refractivity contribution in [1.29, 1.82) is 0 Å². The predicted octanol–water partition coefficient (Wildman–Crippen LogP) is 4.19. The van der Waals surface area contributed by atoms with Gasteiger partial charge in [0.1, 0.15) is 5.82 Å². The van der Waals surface area contributed by atoms with Crippen LogP contribution in [-0.4, -0.2) is 23.1 Å². The summed E-state index contributed by atoms with van der Waals surface area (Å²) in [6, 6.07) is 5.62. The summed E-state index contributed by atoms with van der Waals surface area (Å²) in [5.74, 6) is -0.485. The van der Waals surface area contributed by atoms with E-state index < -0.39 is 11.6 Å². The van der Waals surface area contributed by atoms with Crippen LogP contribution in [0.25, 0.3) is 0 Å². The molecule has 1 aliphatic rings. The zero-order valence-electron chi connectivity index (χ0n) is 13.1. The molecule has 0 unspecified atom stereocenters. The van der Waals surface area contributed by atoms with Crippen LogP contribution < -0.4 is 10.2 Å². The summed E-state index contributed by atoms with van der Waals surface area (Å²) < 4.78 is 26.3. The molecule has 0 aliphatic carbocycles. The lowest BCUT2D eigenvalue weighted by Crippen LogP contribution is -2.25. The van der Waals surface area contributed by atoms with E-state index >= 15 is 0 Å². The van der Waals surface area contributed by atoms with Crippen LogP contribution in [0.4, 0.5) is 26.2 Å². The monoisotopic (exact) mass is 318 g/mol. The minimum Gasteiger partial charge on any atom is -0.356 e. The van der Waals surface area contributed by atoms with Gasteiger partial charge in [0.25, 0.3) is 0 Å². The third kappa shape index (κ3) is 3.94. The SMILES string of the molecule is Cc1cc(N2CCCCCC2)nc(Nc2ccc(F)c(F)c2)n1. The molecule has 122 valence electrons. The number of benzene rings is 1. The number of hydrogen-bond donors (Lipinski definition) is 1. The minimum atomic E-state index is -0.893. The molecule has 0 bridgehead atoms. The van der Waals surface area contributed by atoms with Crippen molar-refractivity contribution in [3.63, 3.8) is 0 Å². The highest BCUT2D eigenvalue weighted by Gasteiger charge is 2.13. The zero-order valence-corrected chi connectivity index (χ0v) is 13.1. The van der Waals surface area contributed by atoms with Crippen LogP contribution in [0.2, 0.25) is 0 Å². The fourth-order valence-corrected chi connectivity index (χ4v) is 2.77. The number of aromatic nitrogens is 2. The molecule has 0 saturated carbocycles. The molecule has 23 heavy (non-hydrogen) atoms. The first kappa shape index (κ1) is 15.6. The Morgan fingerprint density at radius 3 is 2.39 bits per heavy atom. The van der Waals surface area contributed by atoms with Crippen molar-refractivity contribution in [3.8, 4) is 0 Å². The summed E-state index contributed by atoms with van der Waals surface area (Å²) in [7, 11) is 0. The van der Waals surface area contributed by atoms with Crippen molar-refractivity contribution in [3.05, 3.63) is 41.6 Å². The molecule has 2 aromatic rings. The first-order valence-electron chi connectivity index (χ1n) is 7.94. The molecule has 4 nitrogen and oxygen atoms in total. The molecule has 1 aromatic heterocycles. The van der Waals surface area contributed by atoms with E-state index in [0.29, 0.717) is 11.6 Å². The molecule has 1 N–H and O–H groups in total. The minimum absolute atomic E-state index is 0.398. The highest BCUT2D eigenvalue weighted by molar-refractivity contribution is 5.55. The van der Waals surface area contributed by atoms with Crippen LogP contribution in [-0.2, 0) is 0 Å². The molecule has 0 amide bonds. The second-order valence-electron chi connectivity index (χ2n) is 5.85. The molecule has 0 spiro atoms. The van der Waals surface area contributed by atoms with Crippen molar-refractivity contribution in [1.82, 2.24) is 9.97 Å². The van der Waals surface area contributed by atoms with E-state index in [1.807, 2.05) is 13.0 Å². The van der Waals surface area contributed by atoms with Crippen LogP contribution >= 0.6 is 0 Å². The maximum absolute atomic E-state index is 13.3. The molecule has 1 saturated heterocycles. The van der Waals surface area contributed by atoms with Crippen molar-refractivity contribution in [2.75, 3.05) is 23.3 Å². The van der Waals surface area contributed by atoms with E-state index in [9.17, 15) is 8.78 Å². The van der Waals surface area contributed by atoms with Crippen molar-refractivity contribution >= 4 is 17.5 Å². The van der Waals surface area contributed by atoms with E-state index in [1.165, 1.54) is 18.9 Å². The van der Waals surface area contributed by atoms with Crippen LogP contribution in [0.1, 0.15) is 31.4 Å². The fourth-order valence-electron chi connectivity index (χ4n) is 2.77. The highest BCUT2D eigenvalue weighted by atomic mass is 19.2. The van der Waals surface area contributed by atoms with Gasteiger partial charge in [-0.3, -0.25) is 0 Å². The molecule has 0 radical (unpaired) electrons. The maximum Gasteiger partial charge on any atom is 0.229 e. The average molecular weight is 318 g/mol. The molecule has 1 fully saturated rings. The summed E-state index contributed by atoms with van der Waals surface area (Å²) in [5, 5.41) is 2.95. The first-order chi connectivity index (χ1) is 11.1. The molecule has 6 heteroatoms. The van der Waals surface area contributed by atoms with Gasteiger partial charge in [-0.05, 0) is 31.9 Å². The third-order valence-electron chi connectivity index (χ3n) is 3.95. The highest BCUT2D eigenvalue weighted by Crippen LogP contribution is 2.22. The van der Waals surface area contributed by atoms with Crippen molar-refractivity contribution in [2.45, 2.75) is 32.6 Å². The molecule has 0 atom stereocenters. The summed E-state index contributed by atoms with van der Waals surface area (Å²) in [6.07, 6.45) is 4.82. The standard InChI is InChI=1S/C17H20F2N4/c1-12-10-16(23-8-4-2-3-5-9-23)22-17(20-12)21-13-6-7-14(18)15(19)11-13/h6-7,10-11H,2-5,8-9H2,1H3,(H,20,21,22). The molecular weight excluding hydrogens is 298 g/mol. The van der Waals surface area contributed by atoms with Gasteiger partial charge in [0.15, 0.2) is 11.6 Å². The summed E-state index contributed by atoms with van der Waals surface area (Å²) >= 11 is 0. The number of hydrogen-bond acceptors (Lipinski definition) is 4. The van der Waals surface area contributed by atoms with E-state index in [1.54, 1.807) is 0 Å². The van der Waals surface area contributed by atoms with Gasteiger partial charge < -0.3 is 10.2 Å². The number of rotatable bonds is 3. The Kier molecular flexibility index (Phi) is 4.69. The molecule has 2 heterocycles. The van der Waals surface area contributed by atoms with Crippen LogP contribution in [0.15, 0.2) is 24.3 Å². The lowest BCUT2D eigenvalue weighted by molar-refractivity contribution is 0.509. The number of nitrogens with one attached hydrogen (secondary N) is 1. The Labute approximate surface area is 134 Å². The maximum atomic E-state index is 13.3. The topological polar surface area (TPSA) is 41.1 Å². The van der Waals surface area contributed by atoms with Gasteiger partial charge in [-0.1, -0.05) is 12.8 Å². The second-order valence-corrected chi connectivity index (χ2v) is 5.85. The number of anilines is 3. The van der Waals surface area contributed by atoms with E-state index in [4.69, 9.17) is 0 Å². The third-order valence-corrected chi connectivity index (χ3v) is 3.95. The van der Waals surface area contributed by atoms with Gasteiger partial charge in [0.05, 0.1) is 0 Å². The van der Waals surface area contributed by atoms with Crippen molar-refractivity contribution in [2.24, 2.45) is 0 Å². The largest absolute Gasteiger partial charge is 0.356 e. The summed E-state index contributed by atoms with van der Waals surface area (Å²) in [4.78, 5) is 11.1. The van der Waals surface area contributed by atoms with Crippen molar-refractivity contribution < 1.29 is 8.78 Å². The van der Waals surface area contributed by atoms with E-state index in [-0.39, 0.29) is 0 Å². The normalized spacial score (nSPS) is 15.3. The fraction of sp³-hybridized carbons (Fsp3) is 0.412. The number of nitrogens with zero attached hydrogens (tertiary/aromatic N) is 3. The lowest BCUT2D eigenvalue weighted by atomic mass is 10.2. The predicted molar refractivity (Wildman–Crippen MR) is 87.1 cm³/mol. The van der Waals surface area contributed by atoms with Gasteiger partial charge in [0, 0.05) is 36.6 Å². The van der Waals surface area contributed by atoms with Crippen LogP contribution in [0.5, 0.6) is 0 Å². The quantitative estimate of drug-likeness (QED) is 0.921. The molecule has 1 aliphatic heterocycles. The van der Waals surface area contributed by atoms with Gasteiger partial charge in [0.2, 0.25) is 5.95 Å². The molecular formula is C17H20F2N4. The van der Waals surface area contributed by atoms with Crippen LogP contribution in [0, 0.1) is 18.6 Å². The smallest absolute Gasteiger partial charge is 0.229 e. The van der Waals surface area contributed by atoms with E-state index in [2.05, 4.69) is 20.2 Å². The van der Waals surface area contributed by atoms with Crippen LogP contribution in [0.3, 0.4) is 0 Å². The Morgan fingerprint density at radius 2 is 1.70 bits per heavy atom. The first-order valence-corrected chi connectivity index (χ1v) is 7.94. The molecule has 3 rings (SSSR count). The Bertz CT molecular complexity index is 682. The number of halogens is 2. The lowest BCUT2D eigenvalue weighted by Gasteiger charge is -2.22. The number of aryl methyl sites for hydroxylation is 1. The Balaban J connectivity index is 1.83.